The lowest BCUT2D eigenvalue weighted by molar-refractivity contribution is -0.163. The van der Waals surface area contributed by atoms with Crippen LogP contribution in [-0.4, -0.2) is 17.9 Å². The van der Waals surface area contributed by atoms with Crippen molar-refractivity contribution < 1.29 is 14.6 Å². The van der Waals surface area contributed by atoms with Crippen LogP contribution in [0.2, 0.25) is 0 Å². The highest BCUT2D eigenvalue weighted by molar-refractivity contribution is 5.75. The number of esters is 1. The van der Waals surface area contributed by atoms with Crippen LogP contribution in [0.1, 0.15) is 45.1 Å². The molecule has 1 rings (SSSR count). The quantitative estimate of drug-likeness (QED) is 0.623. The van der Waals surface area contributed by atoms with Gasteiger partial charge in [0.1, 0.15) is 0 Å². The average Bonchev–Trinajstić information content (AvgIpc) is 2.37. The molecular formula is C15H22O3. The highest BCUT2D eigenvalue weighted by atomic mass is 16.6. The van der Waals surface area contributed by atoms with Crippen LogP contribution >= 0.6 is 0 Å². The second-order valence-corrected chi connectivity index (χ2v) is 5.16. The summed E-state index contributed by atoms with van der Waals surface area (Å²) in [6.07, 6.45) is 1.69. The van der Waals surface area contributed by atoms with E-state index in [0.29, 0.717) is 12.3 Å². The predicted molar refractivity (Wildman–Crippen MR) is 71.0 cm³/mol. The minimum absolute atomic E-state index is 0.326. The molecule has 3 heteroatoms. The summed E-state index contributed by atoms with van der Waals surface area (Å²) in [5.41, 5.74) is 0.657. The van der Waals surface area contributed by atoms with Gasteiger partial charge in [-0.25, -0.2) is 0 Å². The number of hydrogen-bond donors (Lipinski definition) is 1. The van der Waals surface area contributed by atoms with Crippen LogP contribution in [-0.2, 0) is 9.53 Å². The Balaban J connectivity index is 2.77. The van der Waals surface area contributed by atoms with Crippen molar-refractivity contribution in [3.05, 3.63) is 35.9 Å². The van der Waals surface area contributed by atoms with E-state index < -0.39 is 12.2 Å². The molecule has 0 aliphatic heterocycles. The van der Waals surface area contributed by atoms with Crippen molar-refractivity contribution >= 4 is 5.97 Å². The van der Waals surface area contributed by atoms with E-state index in [1.165, 1.54) is 5.56 Å². The van der Waals surface area contributed by atoms with Gasteiger partial charge in [0.05, 0.1) is 5.41 Å². The molecule has 0 amide bonds. The molecule has 18 heavy (non-hydrogen) atoms. The molecule has 0 heterocycles. The lowest BCUT2D eigenvalue weighted by Gasteiger charge is -2.27. The molecule has 0 spiro atoms. The minimum atomic E-state index is -0.584. The molecule has 1 aromatic rings. The summed E-state index contributed by atoms with van der Waals surface area (Å²) in [6.45, 7) is 5.28. The zero-order chi connectivity index (χ0) is 13.6. The number of aliphatic hydroxyl groups excluding tert-OH is 1. The van der Waals surface area contributed by atoms with Gasteiger partial charge in [-0.3, -0.25) is 4.79 Å². The Morgan fingerprint density at radius 1 is 1.33 bits per heavy atom. The summed E-state index contributed by atoms with van der Waals surface area (Å²) in [7, 11) is 0. The maximum Gasteiger partial charge on any atom is 0.313 e. The standard InChI is InChI=1S/C15H22O3/c1-4-12(13-8-6-5-7-9-13)10-15(2,3)14(17)18-11-16/h5-9,12,16H,4,10-11H2,1-3H3. The Kier molecular flexibility index (Phi) is 5.35. The first-order valence-corrected chi connectivity index (χ1v) is 6.34. The summed E-state index contributed by atoms with van der Waals surface area (Å²) < 4.78 is 4.70. The minimum Gasteiger partial charge on any atom is -0.438 e. The summed E-state index contributed by atoms with van der Waals surface area (Å²) in [5.74, 6) is -0.0215. The van der Waals surface area contributed by atoms with Crippen LogP contribution in [0.15, 0.2) is 30.3 Å². The van der Waals surface area contributed by atoms with Gasteiger partial charge in [0.15, 0.2) is 6.79 Å². The number of rotatable bonds is 6. The van der Waals surface area contributed by atoms with Crippen LogP contribution in [0, 0.1) is 5.41 Å². The van der Waals surface area contributed by atoms with Gasteiger partial charge in [-0.2, -0.15) is 0 Å². The van der Waals surface area contributed by atoms with Crippen LogP contribution < -0.4 is 0 Å². The van der Waals surface area contributed by atoms with E-state index in [0.717, 1.165) is 6.42 Å². The second-order valence-electron chi connectivity index (χ2n) is 5.16. The molecule has 0 saturated heterocycles. The Hall–Kier alpha value is -1.35. The smallest absolute Gasteiger partial charge is 0.313 e. The van der Waals surface area contributed by atoms with Gasteiger partial charge in [0, 0.05) is 0 Å². The Morgan fingerprint density at radius 3 is 2.44 bits per heavy atom. The van der Waals surface area contributed by atoms with Gasteiger partial charge < -0.3 is 9.84 Å². The third-order valence-corrected chi connectivity index (χ3v) is 3.27. The molecule has 1 N–H and O–H groups in total. The lowest BCUT2D eigenvalue weighted by Crippen LogP contribution is -2.29. The van der Waals surface area contributed by atoms with E-state index in [-0.39, 0.29) is 5.97 Å². The van der Waals surface area contributed by atoms with Crippen LogP contribution in [0.25, 0.3) is 0 Å². The van der Waals surface area contributed by atoms with Gasteiger partial charge in [0.2, 0.25) is 0 Å². The van der Waals surface area contributed by atoms with Gasteiger partial charge >= 0.3 is 5.97 Å². The first-order valence-electron chi connectivity index (χ1n) is 6.34. The van der Waals surface area contributed by atoms with E-state index in [1.54, 1.807) is 0 Å². The van der Waals surface area contributed by atoms with Gasteiger partial charge in [-0.1, -0.05) is 37.3 Å². The van der Waals surface area contributed by atoms with Crippen LogP contribution in [0.4, 0.5) is 0 Å². The highest BCUT2D eigenvalue weighted by Crippen LogP contribution is 2.34. The van der Waals surface area contributed by atoms with Crippen LogP contribution in [0.5, 0.6) is 0 Å². The van der Waals surface area contributed by atoms with Crippen molar-refractivity contribution in [1.82, 2.24) is 0 Å². The number of carbonyl (C=O) groups excluding carboxylic acids is 1. The van der Waals surface area contributed by atoms with E-state index in [4.69, 9.17) is 9.84 Å². The van der Waals surface area contributed by atoms with Gasteiger partial charge in [0.25, 0.3) is 0 Å². The normalized spacial score (nSPS) is 13.1. The molecular weight excluding hydrogens is 228 g/mol. The van der Waals surface area contributed by atoms with Crippen molar-refractivity contribution in [3.8, 4) is 0 Å². The Labute approximate surface area is 109 Å². The molecule has 0 aliphatic rings. The zero-order valence-electron chi connectivity index (χ0n) is 11.3. The number of hydrogen-bond acceptors (Lipinski definition) is 3. The molecule has 0 fully saturated rings. The summed E-state index contributed by atoms with van der Waals surface area (Å²) in [4.78, 5) is 11.8. The maximum absolute atomic E-state index is 11.8. The molecule has 1 atom stereocenters. The van der Waals surface area contributed by atoms with E-state index >= 15 is 0 Å². The molecule has 0 saturated carbocycles. The number of ether oxygens (including phenoxy) is 1. The fourth-order valence-electron chi connectivity index (χ4n) is 2.18. The van der Waals surface area contributed by atoms with Crippen LogP contribution in [0.3, 0.4) is 0 Å². The zero-order valence-corrected chi connectivity index (χ0v) is 11.3. The monoisotopic (exact) mass is 250 g/mol. The maximum atomic E-state index is 11.8. The van der Waals surface area contributed by atoms with E-state index in [2.05, 4.69) is 19.1 Å². The molecule has 1 aromatic carbocycles. The third-order valence-electron chi connectivity index (χ3n) is 3.27. The molecule has 0 radical (unpaired) electrons. The first-order chi connectivity index (χ1) is 8.51. The largest absolute Gasteiger partial charge is 0.438 e. The van der Waals surface area contributed by atoms with Crippen molar-refractivity contribution in [1.29, 1.82) is 0 Å². The van der Waals surface area contributed by atoms with Crippen molar-refractivity contribution in [3.63, 3.8) is 0 Å². The number of benzene rings is 1. The predicted octanol–water partition coefficient (Wildman–Crippen LogP) is 3.09. The molecule has 100 valence electrons. The number of aliphatic hydroxyl groups is 1. The molecule has 0 bridgehead atoms. The van der Waals surface area contributed by atoms with Gasteiger partial charge in [-0.05, 0) is 38.2 Å². The SMILES string of the molecule is CCC(CC(C)(C)C(=O)OCO)c1ccccc1. The third kappa shape index (κ3) is 3.84. The van der Waals surface area contributed by atoms with Crippen molar-refractivity contribution in [2.45, 2.75) is 39.5 Å². The fourth-order valence-corrected chi connectivity index (χ4v) is 2.18. The Morgan fingerprint density at radius 2 is 1.94 bits per heavy atom. The first kappa shape index (κ1) is 14.7. The average molecular weight is 250 g/mol. The van der Waals surface area contributed by atoms with E-state index in [9.17, 15) is 4.79 Å². The van der Waals surface area contributed by atoms with Crippen molar-refractivity contribution in [2.75, 3.05) is 6.79 Å². The molecule has 1 unspecified atom stereocenters. The highest BCUT2D eigenvalue weighted by Gasteiger charge is 2.32. The van der Waals surface area contributed by atoms with Gasteiger partial charge in [-0.15, -0.1) is 0 Å². The van der Waals surface area contributed by atoms with Crippen molar-refractivity contribution in [2.24, 2.45) is 5.41 Å². The topological polar surface area (TPSA) is 46.5 Å². The molecule has 0 aliphatic carbocycles. The molecule has 3 nitrogen and oxygen atoms in total. The summed E-state index contributed by atoms with van der Waals surface area (Å²) in [5, 5.41) is 8.67. The second kappa shape index (κ2) is 6.55. The summed E-state index contributed by atoms with van der Waals surface area (Å²) in [6, 6.07) is 10.2. The number of carbonyl (C=O) groups is 1. The fraction of sp³-hybridized carbons (Fsp3) is 0.533. The summed E-state index contributed by atoms with van der Waals surface area (Å²) >= 11 is 0. The lowest BCUT2D eigenvalue weighted by atomic mass is 9.79. The Bertz CT molecular complexity index is 371. The van der Waals surface area contributed by atoms with E-state index in [1.807, 2.05) is 32.0 Å². The molecule has 0 aromatic heterocycles.